The molecule has 1 aromatic carbocycles. The third-order valence-electron chi connectivity index (χ3n) is 6.24. The van der Waals surface area contributed by atoms with Crippen molar-refractivity contribution in [3.8, 4) is 0 Å². The van der Waals surface area contributed by atoms with E-state index in [-0.39, 0.29) is 10.8 Å². The summed E-state index contributed by atoms with van der Waals surface area (Å²) in [5, 5.41) is 9.68. The Morgan fingerprint density at radius 2 is 2.00 bits per heavy atom. The van der Waals surface area contributed by atoms with Crippen LogP contribution in [0, 0.1) is 11.8 Å². The number of benzene rings is 1. The van der Waals surface area contributed by atoms with Crippen LogP contribution < -0.4 is 0 Å². The standard InChI is InChI=1S/C22H32O/c1-6-10-22(13-17(22)14-23)16-7-8-20-19(12-16)18(15(2)3)9-11-21(20,4)5/h7-9,12,15,17,23H,6,10-11,13-14H2,1-5H3/t17-,22+/m0/s1. The summed E-state index contributed by atoms with van der Waals surface area (Å²) < 4.78 is 0. The van der Waals surface area contributed by atoms with Gasteiger partial charge in [0.05, 0.1) is 0 Å². The van der Waals surface area contributed by atoms with Crippen molar-refractivity contribution in [3.05, 3.63) is 41.0 Å². The van der Waals surface area contributed by atoms with Crippen LogP contribution in [0.3, 0.4) is 0 Å². The predicted molar refractivity (Wildman–Crippen MR) is 98.7 cm³/mol. The Hall–Kier alpha value is -1.08. The number of aliphatic hydroxyl groups is 1. The Labute approximate surface area is 141 Å². The van der Waals surface area contributed by atoms with Gasteiger partial charge < -0.3 is 5.11 Å². The molecule has 23 heavy (non-hydrogen) atoms. The van der Waals surface area contributed by atoms with Gasteiger partial charge >= 0.3 is 0 Å². The van der Waals surface area contributed by atoms with E-state index in [0.29, 0.717) is 18.4 Å². The molecule has 0 spiro atoms. The smallest absolute Gasteiger partial charge is 0.0468 e. The molecule has 2 aliphatic carbocycles. The summed E-state index contributed by atoms with van der Waals surface area (Å²) in [5.41, 5.74) is 6.40. The minimum Gasteiger partial charge on any atom is -0.396 e. The second-order valence-corrected chi connectivity index (χ2v) is 8.65. The van der Waals surface area contributed by atoms with E-state index in [1.807, 2.05) is 0 Å². The zero-order valence-electron chi connectivity index (χ0n) is 15.4. The van der Waals surface area contributed by atoms with Crippen LogP contribution in [-0.2, 0) is 10.8 Å². The minimum absolute atomic E-state index is 0.226. The van der Waals surface area contributed by atoms with Crippen molar-refractivity contribution < 1.29 is 5.11 Å². The average Bonchev–Trinajstić information content (AvgIpc) is 3.21. The molecule has 0 amide bonds. The maximum absolute atomic E-state index is 9.68. The van der Waals surface area contributed by atoms with E-state index in [9.17, 15) is 5.11 Å². The molecule has 0 radical (unpaired) electrons. The molecule has 1 N–H and O–H groups in total. The van der Waals surface area contributed by atoms with Gasteiger partial charge in [-0.05, 0) is 58.8 Å². The van der Waals surface area contributed by atoms with E-state index in [2.05, 4.69) is 58.9 Å². The molecule has 3 rings (SSSR count). The van der Waals surface area contributed by atoms with Crippen molar-refractivity contribution >= 4 is 5.57 Å². The highest BCUT2D eigenvalue weighted by molar-refractivity contribution is 5.74. The fourth-order valence-electron chi connectivity index (χ4n) is 4.68. The first-order chi connectivity index (χ1) is 10.9. The SMILES string of the molecule is CCC[C@]1(c2ccc3c(c2)C(C(C)C)=CCC3(C)C)C[C@H]1CO. The van der Waals surface area contributed by atoms with Gasteiger partial charge in [0.2, 0.25) is 0 Å². The Balaban J connectivity index is 2.08. The Bertz CT molecular complexity index is 623. The number of rotatable bonds is 5. The summed E-state index contributed by atoms with van der Waals surface area (Å²) in [4.78, 5) is 0. The Morgan fingerprint density at radius 3 is 2.57 bits per heavy atom. The van der Waals surface area contributed by atoms with Gasteiger partial charge in [-0.3, -0.25) is 0 Å². The molecule has 0 bridgehead atoms. The van der Waals surface area contributed by atoms with Crippen molar-refractivity contribution in [1.29, 1.82) is 0 Å². The Kier molecular flexibility index (Phi) is 4.21. The van der Waals surface area contributed by atoms with Crippen LogP contribution in [0.1, 0.15) is 77.0 Å². The second-order valence-electron chi connectivity index (χ2n) is 8.65. The first-order valence-electron chi connectivity index (χ1n) is 9.32. The van der Waals surface area contributed by atoms with Crippen molar-refractivity contribution in [1.82, 2.24) is 0 Å². The molecule has 2 aliphatic rings. The highest BCUT2D eigenvalue weighted by Crippen LogP contribution is 2.58. The third kappa shape index (κ3) is 2.67. The van der Waals surface area contributed by atoms with Crippen molar-refractivity contribution in [2.45, 2.75) is 71.1 Å². The van der Waals surface area contributed by atoms with Gasteiger partial charge in [0, 0.05) is 12.0 Å². The van der Waals surface area contributed by atoms with Crippen LogP contribution in [0.25, 0.3) is 5.57 Å². The molecule has 1 heteroatoms. The number of hydrogen-bond acceptors (Lipinski definition) is 1. The predicted octanol–water partition coefficient (Wildman–Crippen LogP) is 5.46. The number of fused-ring (bicyclic) bond motifs is 1. The molecule has 1 saturated carbocycles. The fourth-order valence-corrected chi connectivity index (χ4v) is 4.68. The van der Waals surface area contributed by atoms with Gasteiger partial charge in [0.1, 0.15) is 0 Å². The first-order valence-corrected chi connectivity index (χ1v) is 9.32. The van der Waals surface area contributed by atoms with Gasteiger partial charge in [-0.2, -0.15) is 0 Å². The summed E-state index contributed by atoms with van der Waals surface area (Å²) in [6.07, 6.45) is 7.12. The van der Waals surface area contributed by atoms with E-state index in [4.69, 9.17) is 0 Å². The van der Waals surface area contributed by atoms with Gasteiger partial charge in [0.15, 0.2) is 0 Å². The molecule has 1 nitrogen and oxygen atoms in total. The molecule has 1 fully saturated rings. The van der Waals surface area contributed by atoms with Gasteiger partial charge in [0.25, 0.3) is 0 Å². The van der Waals surface area contributed by atoms with Gasteiger partial charge in [-0.25, -0.2) is 0 Å². The molecule has 0 aromatic heterocycles. The lowest BCUT2D eigenvalue weighted by molar-refractivity contribution is 0.261. The minimum atomic E-state index is 0.226. The maximum Gasteiger partial charge on any atom is 0.0468 e. The van der Waals surface area contributed by atoms with Crippen LogP contribution in [0.2, 0.25) is 0 Å². The third-order valence-corrected chi connectivity index (χ3v) is 6.24. The summed E-state index contributed by atoms with van der Waals surface area (Å²) in [7, 11) is 0. The second kappa shape index (κ2) is 5.77. The molecular weight excluding hydrogens is 280 g/mol. The quantitative estimate of drug-likeness (QED) is 0.765. The first kappa shape index (κ1) is 16.8. The summed E-state index contributed by atoms with van der Waals surface area (Å²) in [6, 6.07) is 7.20. The van der Waals surface area contributed by atoms with Gasteiger partial charge in [-0.15, -0.1) is 0 Å². The van der Waals surface area contributed by atoms with E-state index in [1.54, 1.807) is 0 Å². The van der Waals surface area contributed by atoms with Crippen molar-refractivity contribution in [2.24, 2.45) is 11.8 Å². The molecule has 1 aromatic rings. The van der Waals surface area contributed by atoms with Crippen LogP contribution in [-0.4, -0.2) is 11.7 Å². The molecule has 126 valence electrons. The van der Waals surface area contributed by atoms with Crippen LogP contribution in [0.4, 0.5) is 0 Å². The largest absolute Gasteiger partial charge is 0.396 e. The van der Waals surface area contributed by atoms with E-state index < -0.39 is 0 Å². The average molecular weight is 312 g/mol. The summed E-state index contributed by atoms with van der Waals surface area (Å²) in [6.45, 7) is 11.9. The molecule has 0 heterocycles. The fraction of sp³-hybridized carbons (Fsp3) is 0.636. The zero-order valence-corrected chi connectivity index (χ0v) is 15.4. The van der Waals surface area contributed by atoms with Crippen molar-refractivity contribution in [3.63, 3.8) is 0 Å². The summed E-state index contributed by atoms with van der Waals surface area (Å²) in [5.74, 6) is 1.03. The van der Waals surface area contributed by atoms with Crippen molar-refractivity contribution in [2.75, 3.05) is 6.61 Å². The lowest BCUT2D eigenvalue weighted by atomic mass is 9.70. The molecule has 0 unspecified atom stereocenters. The number of aliphatic hydroxyl groups excluding tert-OH is 1. The highest BCUT2D eigenvalue weighted by Gasteiger charge is 2.54. The monoisotopic (exact) mass is 312 g/mol. The molecule has 0 aliphatic heterocycles. The van der Waals surface area contributed by atoms with E-state index >= 15 is 0 Å². The van der Waals surface area contributed by atoms with Crippen LogP contribution in [0.5, 0.6) is 0 Å². The molecular formula is C22H32O. The molecule has 0 saturated heterocycles. The highest BCUT2D eigenvalue weighted by atomic mass is 16.3. The topological polar surface area (TPSA) is 20.2 Å². The van der Waals surface area contributed by atoms with Gasteiger partial charge in [-0.1, -0.05) is 65.3 Å². The van der Waals surface area contributed by atoms with E-state index in [1.165, 1.54) is 35.1 Å². The van der Waals surface area contributed by atoms with Crippen LogP contribution >= 0.6 is 0 Å². The summed E-state index contributed by atoms with van der Waals surface area (Å²) >= 11 is 0. The molecule has 2 atom stereocenters. The van der Waals surface area contributed by atoms with Crippen LogP contribution in [0.15, 0.2) is 24.3 Å². The Morgan fingerprint density at radius 1 is 1.26 bits per heavy atom. The lowest BCUT2D eigenvalue weighted by Crippen LogP contribution is -2.23. The van der Waals surface area contributed by atoms with E-state index in [0.717, 1.165) is 12.8 Å². The normalized spacial score (nSPS) is 28.5. The maximum atomic E-state index is 9.68. The number of hydrogen-bond donors (Lipinski definition) is 1. The lowest BCUT2D eigenvalue weighted by Gasteiger charge is -2.34. The number of allylic oxidation sites excluding steroid dienone is 2. The zero-order chi connectivity index (χ0) is 16.8.